The van der Waals surface area contributed by atoms with Crippen molar-refractivity contribution in [1.82, 2.24) is 4.90 Å². The van der Waals surface area contributed by atoms with Crippen molar-refractivity contribution < 1.29 is 33.3 Å². The Morgan fingerprint density at radius 2 is 1.66 bits per heavy atom. The third-order valence-electron chi connectivity index (χ3n) is 6.26. The molecule has 1 aliphatic heterocycles. The Morgan fingerprint density at radius 1 is 1.06 bits per heavy atom. The number of hydrogen-bond acceptors (Lipinski definition) is 7. The number of benzene rings is 1. The number of ether oxygens (including phenoxy) is 4. The quantitative estimate of drug-likeness (QED) is 0.503. The van der Waals surface area contributed by atoms with Gasteiger partial charge in [0.15, 0.2) is 17.3 Å². The lowest BCUT2D eigenvalue weighted by Gasteiger charge is -2.36. The van der Waals surface area contributed by atoms with E-state index in [0.29, 0.717) is 49.4 Å². The van der Waals surface area contributed by atoms with E-state index < -0.39 is 17.0 Å². The predicted octanol–water partition coefficient (Wildman–Crippen LogP) is 3.64. The van der Waals surface area contributed by atoms with Gasteiger partial charge < -0.3 is 23.8 Å². The van der Waals surface area contributed by atoms with Gasteiger partial charge in [-0.3, -0.25) is 9.59 Å². The Hall–Kier alpha value is -2.77. The van der Waals surface area contributed by atoms with Crippen LogP contribution in [-0.4, -0.2) is 62.8 Å². The predicted molar refractivity (Wildman–Crippen MR) is 117 cm³/mol. The Labute approximate surface area is 189 Å². The number of ketones is 1. The molecule has 1 aromatic carbocycles. The molecule has 0 saturated carbocycles. The second-order valence-electron chi connectivity index (χ2n) is 9.56. The monoisotopic (exact) mass is 447 g/mol. The molecular formula is C24H33NO7. The summed E-state index contributed by atoms with van der Waals surface area (Å²) in [6, 6.07) is 3.41. The first-order valence-corrected chi connectivity index (χ1v) is 10.9. The van der Waals surface area contributed by atoms with Crippen LogP contribution >= 0.6 is 0 Å². The molecule has 0 radical (unpaired) electrons. The van der Waals surface area contributed by atoms with Crippen LogP contribution in [0.4, 0.5) is 4.79 Å². The van der Waals surface area contributed by atoms with Crippen LogP contribution in [0.25, 0.3) is 0 Å². The number of rotatable bonds is 5. The SMILES string of the molecule is COC(=O)[C@@]1(CC2CCN(C(=O)OC(C)(C)C)CC2)Cc2cc(OC)c(OC)cc2C1=O. The lowest BCUT2D eigenvalue weighted by Crippen LogP contribution is -2.45. The van der Waals surface area contributed by atoms with Gasteiger partial charge in [0, 0.05) is 18.7 Å². The minimum absolute atomic E-state index is 0.106. The molecule has 0 aromatic heterocycles. The van der Waals surface area contributed by atoms with Gasteiger partial charge in [0.2, 0.25) is 0 Å². The summed E-state index contributed by atoms with van der Waals surface area (Å²) in [6.45, 7) is 6.57. The highest BCUT2D eigenvalue weighted by atomic mass is 16.6. The molecule has 0 N–H and O–H groups in total. The van der Waals surface area contributed by atoms with Crippen molar-refractivity contribution in [2.24, 2.45) is 11.3 Å². The summed E-state index contributed by atoms with van der Waals surface area (Å²) in [5.41, 5.74) is -0.594. The van der Waals surface area contributed by atoms with Gasteiger partial charge in [-0.1, -0.05) is 0 Å². The molecule has 1 atom stereocenters. The fourth-order valence-electron chi connectivity index (χ4n) is 4.69. The average Bonchev–Trinajstić information content (AvgIpc) is 3.03. The molecule has 1 fully saturated rings. The maximum atomic E-state index is 13.5. The molecule has 0 bridgehead atoms. The largest absolute Gasteiger partial charge is 0.493 e. The first-order chi connectivity index (χ1) is 15.0. The zero-order valence-corrected chi connectivity index (χ0v) is 19.8. The number of Topliss-reactive ketones (excluding diaryl/α,β-unsaturated/α-hetero) is 1. The number of hydrogen-bond donors (Lipinski definition) is 0. The number of nitrogens with zero attached hydrogens (tertiary/aromatic N) is 1. The van der Waals surface area contributed by atoms with Gasteiger partial charge in [0.25, 0.3) is 0 Å². The molecule has 0 unspecified atom stereocenters. The Balaban J connectivity index is 1.78. The molecule has 1 saturated heterocycles. The van der Waals surface area contributed by atoms with Crippen molar-refractivity contribution >= 4 is 17.8 Å². The van der Waals surface area contributed by atoms with Gasteiger partial charge in [-0.15, -0.1) is 0 Å². The summed E-state index contributed by atoms with van der Waals surface area (Å²) in [6.07, 6.45) is 1.69. The number of carbonyl (C=O) groups excluding carboxylic acids is 3. The van der Waals surface area contributed by atoms with Gasteiger partial charge in [-0.25, -0.2) is 4.79 Å². The van der Waals surface area contributed by atoms with Crippen LogP contribution in [0.5, 0.6) is 11.5 Å². The molecule has 2 aliphatic rings. The van der Waals surface area contributed by atoms with Crippen molar-refractivity contribution in [3.8, 4) is 11.5 Å². The topological polar surface area (TPSA) is 91.4 Å². The smallest absolute Gasteiger partial charge is 0.410 e. The molecule has 1 amide bonds. The number of carbonyl (C=O) groups is 3. The molecule has 8 nitrogen and oxygen atoms in total. The van der Waals surface area contributed by atoms with E-state index in [1.807, 2.05) is 20.8 Å². The summed E-state index contributed by atoms with van der Waals surface area (Å²) in [5.74, 6) is 0.312. The van der Waals surface area contributed by atoms with Crippen molar-refractivity contribution in [2.75, 3.05) is 34.4 Å². The van der Waals surface area contributed by atoms with Crippen LogP contribution in [0.3, 0.4) is 0 Å². The van der Waals surface area contributed by atoms with E-state index >= 15 is 0 Å². The molecule has 3 rings (SSSR count). The maximum Gasteiger partial charge on any atom is 0.410 e. The van der Waals surface area contributed by atoms with Gasteiger partial charge in [0.1, 0.15) is 11.0 Å². The van der Waals surface area contributed by atoms with Crippen LogP contribution < -0.4 is 9.47 Å². The van der Waals surface area contributed by atoms with E-state index in [2.05, 4.69) is 0 Å². The number of fused-ring (bicyclic) bond motifs is 1. The summed E-state index contributed by atoms with van der Waals surface area (Å²) in [7, 11) is 4.36. The van der Waals surface area contributed by atoms with Crippen molar-refractivity contribution in [2.45, 2.75) is 52.1 Å². The van der Waals surface area contributed by atoms with Gasteiger partial charge in [-0.05, 0) is 70.1 Å². The lowest BCUT2D eigenvalue weighted by atomic mass is 9.73. The third kappa shape index (κ3) is 4.54. The van der Waals surface area contributed by atoms with Crippen LogP contribution in [0.15, 0.2) is 12.1 Å². The first kappa shape index (κ1) is 23.9. The Morgan fingerprint density at radius 3 is 2.19 bits per heavy atom. The number of piperidine rings is 1. The molecule has 176 valence electrons. The first-order valence-electron chi connectivity index (χ1n) is 10.9. The number of amides is 1. The summed E-state index contributed by atoms with van der Waals surface area (Å²) in [5, 5.41) is 0. The minimum atomic E-state index is -1.27. The van der Waals surface area contributed by atoms with Crippen LogP contribution in [0.1, 0.15) is 56.0 Å². The van der Waals surface area contributed by atoms with E-state index in [-0.39, 0.29) is 24.2 Å². The highest BCUT2D eigenvalue weighted by Crippen LogP contribution is 2.47. The zero-order valence-electron chi connectivity index (χ0n) is 19.8. The molecule has 32 heavy (non-hydrogen) atoms. The Bertz CT molecular complexity index is 896. The Kier molecular flexibility index (Phi) is 6.72. The van der Waals surface area contributed by atoms with Gasteiger partial charge >= 0.3 is 12.1 Å². The number of likely N-dealkylation sites (tertiary alicyclic amines) is 1. The second-order valence-corrected chi connectivity index (χ2v) is 9.56. The highest BCUT2D eigenvalue weighted by Gasteiger charge is 2.54. The normalized spacial score (nSPS) is 21.2. The van der Waals surface area contributed by atoms with Crippen LogP contribution in [-0.2, 0) is 20.7 Å². The fraction of sp³-hybridized carbons (Fsp3) is 0.625. The van der Waals surface area contributed by atoms with Gasteiger partial charge in [0.05, 0.1) is 21.3 Å². The lowest BCUT2D eigenvalue weighted by molar-refractivity contribution is -0.150. The summed E-state index contributed by atoms with van der Waals surface area (Å²) < 4.78 is 21.3. The second kappa shape index (κ2) is 9.00. The van der Waals surface area contributed by atoms with Crippen LogP contribution in [0.2, 0.25) is 0 Å². The molecule has 1 aromatic rings. The van der Waals surface area contributed by atoms with E-state index in [9.17, 15) is 14.4 Å². The van der Waals surface area contributed by atoms with Gasteiger partial charge in [-0.2, -0.15) is 0 Å². The van der Waals surface area contributed by atoms with E-state index in [4.69, 9.17) is 18.9 Å². The fourth-order valence-corrected chi connectivity index (χ4v) is 4.69. The van der Waals surface area contributed by atoms with E-state index in [0.717, 1.165) is 5.56 Å². The minimum Gasteiger partial charge on any atom is -0.493 e. The van der Waals surface area contributed by atoms with Crippen molar-refractivity contribution in [3.05, 3.63) is 23.3 Å². The molecule has 1 aliphatic carbocycles. The molecular weight excluding hydrogens is 414 g/mol. The maximum absolute atomic E-state index is 13.5. The third-order valence-corrected chi connectivity index (χ3v) is 6.26. The van der Waals surface area contributed by atoms with Crippen LogP contribution in [0, 0.1) is 11.3 Å². The summed E-state index contributed by atoms with van der Waals surface area (Å²) >= 11 is 0. The van der Waals surface area contributed by atoms with Crippen molar-refractivity contribution in [1.29, 1.82) is 0 Å². The number of methoxy groups -OCH3 is 3. The van der Waals surface area contributed by atoms with Crippen molar-refractivity contribution in [3.63, 3.8) is 0 Å². The summed E-state index contributed by atoms with van der Waals surface area (Å²) in [4.78, 5) is 40.5. The van der Waals surface area contributed by atoms with E-state index in [1.54, 1.807) is 17.0 Å². The average molecular weight is 448 g/mol. The standard InChI is InChI=1S/C24H33NO7/c1-23(2,3)32-22(28)25-9-7-15(8-10-25)13-24(21(27)31-6)14-16-11-18(29-4)19(30-5)12-17(16)20(24)26/h11-12,15H,7-10,13-14H2,1-6H3/t24-/m0/s1. The number of esters is 1. The van der Waals surface area contributed by atoms with E-state index in [1.165, 1.54) is 21.3 Å². The molecule has 8 heteroatoms. The highest BCUT2D eigenvalue weighted by molar-refractivity contribution is 6.16. The molecule has 0 spiro atoms. The zero-order chi connectivity index (χ0) is 23.7. The molecule has 1 heterocycles.